The molecular weight excluding hydrogens is 338 g/mol. The second-order valence-corrected chi connectivity index (χ2v) is 8.58. The maximum atomic E-state index is 5.71. The SMILES string of the molecule is CC1(C)Cc2occc2C(NCCCN2CCN(c3ncccn3)CC2)C1. The minimum absolute atomic E-state index is 0.304. The van der Waals surface area contributed by atoms with Crippen LogP contribution in [0.25, 0.3) is 0 Å². The fourth-order valence-electron chi connectivity index (χ4n) is 4.36. The average molecular weight is 370 g/mol. The van der Waals surface area contributed by atoms with Crippen LogP contribution in [-0.4, -0.2) is 54.1 Å². The number of nitrogens with one attached hydrogen (secondary N) is 1. The van der Waals surface area contributed by atoms with Gasteiger partial charge in [0, 0.05) is 56.6 Å². The van der Waals surface area contributed by atoms with Crippen LogP contribution in [0, 0.1) is 5.41 Å². The fraction of sp³-hybridized carbons (Fsp3) is 0.619. The van der Waals surface area contributed by atoms with Gasteiger partial charge in [-0.1, -0.05) is 13.8 Å². The van der Waals surface area contributed by atoms with Crippen molar-refractivity contribution >= 4 is 5.95 Å². The minimum Gasteiger partial charge on any atom is -0.469 e. The summed E-state index contributed by atoms with van der Waals surface area (Å²) in [4.78, 5) is 13.5. The lowest BCUT2D eigenvalue weighted by Crippen LogP contribution is -2.47. The first-order chi connectivity index (χ1) is 13.1. The topological polar surface area (TPSA) is 57.4 Å². The predicted molar refractivity (Wildman–Crippen MR) is 107 cm³/mol. The Hall–Kier alpha value is -1.92. The van der Waals surface area contributed by atoms with Gasteiger partial charge in [0.2, 0.25) is 5.95 Å². The molecular formula is C21H31N5O. The Morgan fingerprint density at radius 1 is 1.19 bits per heavy atom. The van der Waals surface area contributed by atoms with Gasteiger partial charge in [0.05, 0.1) is 6.26 Å². The van der Waals surface area contributed by atoms with E-state index in [0.29, 0.717) is 11.5 Å². The van der Waals surface area contributed by atoms with E-state index in [1.807, 2.05) is 24.7 Å². The molecule has 1 aliphatic heterocycles. The van der Waals surface area contributed by atoms with Crippen LogP contribution in [0.15, 0.2) is 35.2 Å². The zero-order valence-electron chi connectivity index (χ0n) is 16.5. The van der Waals surface area contributed by atoms with Crippen molar-refractivity contribution in [2.75, 3.05) is 44.2 Å². The quantitative estimate of drug-likeness (QED) is 0.790. The number of rotatable bonds is 6. The van der Waals surface area contributed by atoms with Crippen molar-refractivity contribution in [2.45, 2.75) is 39.2 Å². The largest absolute Gasteiger partial charge is 0.469 e. The Kier molecular flexibility index (Phi) is 5.45. The lowest BCUT2D eigenvalue weighted by Gasteiger charge is -2.36. The first kappa shape index (κ1) is 18.4. The molecule has 1 fully saturated rings. The summed E-state index contributed by atoms with van der Waals surface area (Å²) in [5.74, 6) is 2.03. The monoisotopic (exact) mass is 369 g/mol. The van der Waals surface area contributed by atoms with Gasteiger partial charge in [0.25, 0.3) is 0 Å². The minimum atomic E-state index is 0.304. The number of nitrogens with zero attached hydrogens (tertiary/aromatic N) is 4. The highest BCUT2D eigenvalue weighted by Gasteiger charge is 2.33. The summed E-state index contributed by atoms with van der Waals surface area (Å²) >= 11 is 0. The molecule has 1 aliphatic carbocycles. The molecule has 2 aromatic heterocycles. The highest BCUT2D eigenvalue weighted by molar-refractivity contribution is 5.29. The molecule has 146 valence electrons. The van der Waals surface area contributed by atoms with E-state index in [1.54, 1.807) is 0 Å². The first-order valence-corrected chi connectivity index (χ1v) is 10.1. The van der Waals surface area contributed by atoms with Crippen LogP contribution >= 0.6 is 0 Å². The molecule has 1 unspecified atom stereocenters. The molecule has 0 spiro atoms. The highest BCUT2D eigenvalue weighted by atomic mass is 16.3. The van der Waals surface area contributed by atoms with Crippen molar-refractivity contribution in [1.29, 1.82) is 0 Å². The van der Waals surface area contributed by atoms with E-state index >= 15 is 0 Å². The number of piperazine rings is 1. The predicted octanol–water partition coefficient (Wildman–Crippen LogP) is 2.89. The molecule has 2 aromatic rings. The lowest BCUT2D eigenvalue weighted by atomic mass is 9.75. The van der Waals surface area contributed by atoms with Gasteiger partial charge in [-0.15, -0.1) is 0 Å². The Morgan fingerprint density at radius 3 is 2.74 bits per heavy atom. The summed E-state index contributed by atoms with van der Waals surface area (Å²) in [6, 6.07) is 4.44. The molecule has 0 aromatic carbocycles. The standard InChI is InChI=1S/C21H31N5O/c1-21(2)15-18(17-5-14-27-19(17)16-21)22-8-4-9-25-10-12-26(13-11-25)20-23-6-3-7-24-20/h3,5-7,14,18,22H,4,8-13,15-16H2,1-2H3. The summed E-state index contributed by atoms with van der Waals surface area (Å²) < 4.78 is 5.71. The Morgan fingerprint density at radius 2 is 1.96 bits per heavy atom. The molecule has 2 aliphatic rings. The molecule has 4 rings (SSSR count). The zero-order valence-corrected chi connectivity index (χ0v) is 16.5. The van der Waals surface area contributed by atoms with Crippen LogP contribution in [0.3, 0.4) is 0 Å². The van der Waals surface area contributed by atoms with Crippen LogP contribution < -0.4 is 10.2 Å². The van der Waals surface area contributed by atoms with Crippen molar-refractivity contribution in [3.05, 3.63) is 42.1 Å². The number of fused-ring (bicyclic) bond motifs is 1. The molecule has 0 saturated carbocycles. The van der Waals surface area contributed by atoms with E-state index in [2.05, 4.69) is 45.0 Å². The zero-order chi connectivity index (χ0) is 18.7. The second kappa shape index (κ2) is 7.98. The van der Waals surface area contributed by atoms with Gasteiger partial charge in [0.1, 0.15) is 5.76 Å². The molecule has 0 bridgehead atoms. The van der Waals surface area contributed by atoms with Gasteiger partial charge in [0.15, 0.2) is 0 Å². The number of anilines is 1. The second-order valence-electron chi connectivity index (χ2n) is 8.58. The maximum Gasteiger partial charge on any atom is 0.225 e. The van der Waals surface area contributed by atoms with Crippen LogP contribution in [0.2, 0.25) is 0 Å². The van der Waals surface area contributed by atoms with E-state index in [1.165, 1.54) is 24.2 Å². The molecule has 1 atom stereocenters. The van der Waals surface area contributed by atoms with Crippen molar-refractivity contribution in [3.63, 3.8) is 0 Å². The molecule has 6 heteroatoms. The van der Waals surface area contributed by atoms with E-state index in [0.717, 1.165) is 51.6 Å². The van der Waals surface area contributed by atoms with Gasteiger partial charge >= 0.3 is 0 Å². The van der Waals surface area contributed by atoms with Gasteiger partial charge in [-0.2, -0.15) is 0 Å². The Bertz CT molecular complexity index is 721. The summed E-state index contributed by atoms with van der Waals surface area (Å²) in [6.45, 7) is 11.0. The third kappa shape index (κ3) is 4.50. The summed E-state index contributed by atoms with van der Waals surface area (Å²) in [5.41, 5.74) is 1.67. The molecule has 3 heterocycles. The normalized spacial score (nSPS) is 22.6. The van der Waals surface area contributed by atoms with Gasteiger partial charge < -0.3 is 14.6 Å². The number of furan rings is 1. The van der Waals surface area contributed by atoms with Crippen molar-refractivity contribution < 1.29 is 4.42 Å². The van der Waals surface area contributed by atoms with E-state index in [9.17, 15) is 0 Å². The van der Waals surface area contributed by atoms with Crippen LogP contribution in [-0.2, 0) is 6.42 Å². The highest BCUT2D eigenvalue weighted by Crippen LogP contribution is 2.41. The Labute approximate surface area is 162 Å². The van der Waals surface area contributed by atoms with Crippen LogP contribution in [0.4, 0.5) is 5.95 Å². The molecule has 0 radical (unpaired) electrons. The third-order valence-corrected chi connectivity index (χ3v) is 5.80. The summed E-state index contributed by atoms with van der Waals surface area (Å²) in [5, 5.41) is 3.78. The average Bonchev–Trinajstić information content (AvgIpc) is 3.13. The number of hydrogen-bond donors (Lipinski definition) is 1. The van der Waals surface area contributed by atoms with E-state index in [-0.39, 0.29) is 0 Å². The van der Waals surface area contributed by atoms with Crippen LogP contribution in [0.1, 0.15) is 44.1 Å². The van der Waals surface area contributed by atoms with Gasteiger partial charge in [-0.05, 0) is 43.5 Å². The summed E-state index contributed by atoms with van der Waals surface area (Å²) in [7, 11) is 0. The van der Waals surface area contributed by atoms with E-state index in [4.69, 9.17) is 4.42 Å². The maximum absolute atomic E-state index is 5.71. The van der Waals surface area contributed by atoms with Crippen LogP contribution in [0.5, 0.6) is 0 Å². The summed E-state index contributed by atoms with van der Waals surface area (Å²) in [6.07, 6.45) is 8.87. The molecule has 1 N–H and O–H groups in total. The molecule has 0 amide bonds. The van der Waals surface area contributed by atoms with Crippen molar-refractivity contribution in [3.8, 4) is 0 Å². The fourth-order valence-corrected chi connectivity index (χ4v) is 4.36. The first-order valence-electron chi connectivity index (χ1n) is 10.1. The smallest absolute Gasteiger partial charge is 0.225 e. The van der Waals surface area contributed by atoms with Gasteiger partial charge in [-0.25, -0.2) is 9.97 Å². The van der Waals surface area contributed by atoms with Crippen molar-refractivity contribution in [1.82, 2.24) is 20.2 Å². The van der Waals surface area contributed by atoms with Crippen molar-refractivity contribution in [2.24, 2.45) is 5.41 Å². The number of aromatic nitrogens is 2. The van der Waals surface area contributed by atoms with Gasteiger partial charge in [-0.3, -0.25) is 4.90 Å². The lowest BCUT2D eigenvalue weighted by molar-refractivity contribution is 0.226. The number of hydrogen-bond acceptors (Lipinski definition) is 6. The third-order valence-electron chi connectivity index (χ3n) is 5.80. The molecule has 27 heavy (non-hydrogen) atoms. The molecule has 6 nitrogen and oxygen atoms in total. The van der Waals surface area contributed by atoms with E-state index < -0.39 is 0 Å². The Balaban J connectivity index is 1.19. The molecule has 1 saturated heterocycles.